The number of amides is 1. The molecule has 5 aromatic rings. The molecule has 0 atom stereocenters. The van der Waals surface area contributed by atoms with Gasteiger partial charge in [0.2, 0.25) is 0 Å². The summed E-state index contributed by atoms with van der Waals surface area (Å²) in [7, 11) is 0. The largest absolute Gasteiger partial charge is 0.478 e. The summed E-state index contributed by atoms with van der Waals surface area (Å²) >= 11 is 1.23. The second-order valence-electron chi connectivity index (χ2n) is 10.1. The summed E-state index contributed by atoms with van der Waals surface area (Å²) in [5, 5.41) is 13.0. The standard InChI is InChI=1S/C32H22F4N2O3S/c33-23-9-3-18(4-10-23)20-15-25(29(39)38-31(13-14-31)21-5-1-19(2-6-21)30(40)41)28-26(16-20)37-17-27(28)42-24-11-7-22(8-12-24)32(34,35)36/h1-12,15-17,37H,13-14H2,(H,38,39)(H,40,41). The fourth-order valence-corrected chi connectivity index (χ4v) is 5.94. The molecule has 4 aromatic carbocycles. The highest BCUT2D eigenvalue weighted by molar-refractivity contribution is 7.99. The van der Waals surface area contributed by atoms with Crippen LogP contribution in [0.1, 0.15) is 44.7 Å². The van der Waals surface area contributed by atoms with E-state index in [1.807, 2.05) is 6.07 Å². The molecule has 212 valence electrons. The van der Waals surface area contributed by atoms with Crippen LogP contribution in [0.4, 0.5) is 17.6 Å². The van der Waals surface area contributed by atoms with Gasteiger partial charge in [-0.15, -0.1) is 0 Å². The number of halogens is 4. The Balaban J connectivity index is 1.39. The third-order valence-electron chi connectivity index (χ3n) is 7.36. The molecular formula is C32H22F4N2O3S. The summed E-state index contributed by atoms with van der Waals surface area (Å²) in [6.45, 7) is 0. The van der Waals surface area contributed by atoms with Crippen LogP contribution in [0.3, 0.4) is 0 Å². The molecule has 1 amide bonds. The number of aromatic amines is 1. The maximum atomic E-state index is 13.9. The third-order valence-corrected chi connectivity index (χ3v) is 8.41. The van der Waals surface area contributed by atoms with Crippen LogP contribution in [-0.4, -0.2) is 22.0 Å². The van der Waals surface area contributed by atoms with Crippen molar-refractivity contribution in [1.29, 1.82) is 0 Å². The lowest BCUT2D eigenvalue weighted by Gasteiger charge is -2.19. The van der Waals surface area contributed by atoms with Crippen LogP contribution < -0.4 is 5.32 Å². The van der Waals surface area contributed by atoms with Gasteiger partial charge in [-0.05, 0) is 90.2 Å². The molecule has 0 spiro atoms. The first kappa shape index (κ1) is 27.6. The summed E-state index contributed by atoms with van der Waals surface area (Å²) in [6, 6.07) is 20.7. The van der Waals surface area contributed by atoms with E-state index in [1.54, 1.807) is 36.5 Å². The second-order valence-corrected chi connectivity index (χ2v) is 11.3. The van der Waals surface area contributed by atoms with Crippen molar-refractivity contribution in [2.24, 2.45) is 0 Å². The molecule has 3 N–H and O–H groups in total. The fourth-order valence-electron chi connectivity index (χ4n) is 4.97. The Morgan fingerprint density at radius 1 is 0.881 bits per heavy atom. The highest BCUT2D eigenvalue weighted by Gasteiger charge is 2.46. The molecule has 1 aromatic heterocycles. The molecule has 1 saturated carbocycles. The van der Waals surface area contributed by atoms with Crippen molar-refractivity contribution in [3.8, 4) is 11.1 Å². The van der Waals surface area contributed by atoms with E-state index in [0.717, 1.165) is 17.7 Å². The summed E-state index contributed by atoms with van der Waals surface area (Å²) in [4.78, 5) is 29.6. The Morgan fingerprint density at radius 2 is 1.55 bits per heavy atom. The van der Waals surface area contributed by atoms with Crippen molar-refractivity contribution < 1.29 is 32.3 Å². The molecule has 0 unspecified atom stereocenters. The van der Waals surface area contributed by atoms with E-state index in [1.165, 1.54) is 48.2 Å². The van der Waals surface area contributed by atoms with Crippen molar-refractivity contribution in [3.63, 3.8) is 0 Å². The van der Waals surface area contributed by atoms with Crippen LogP contribution in [-0.2, 0) is 11.7 Å². The molecule has 0 aliphatic heterocycles. The Kier molecular flexibility index (Phi) is 6.81. The lowest BCUT2D eigenvalue weighted by molar-refractivity contribution is -0.137. The van der Waals surface area contributed by atoms with E-state index in [-0.39, 0.29) is 11.5 Å². The number of aromatic nitrogens is 1. The monoisotopic (exact) mass is 590 g/mol. The zero-order valence-electron chi connectivity index (χ0n) is 21.8. The van der Waals surface area contributed by atoms with Crippen molar-refractivity contribution >= 4 is 34.5 Å². The van der Waals surface area contributed by atoms with Gasteiger partial charge in [-0.3, -0.25) is 4.79 Å². The molecule has 10 heteroatoms. The highest BCUT2D eigenvalue weighted by atomic mass is 32.2. The summed E-state index contributed by atoms with van der Waals surface area (Å²) < 4.78 is 52.8. The van der Waals surface area contributed by atoms with Crippen molar-refractivity contribution in [3.05, 3.63) is 119 Å². The van der Waals surface area contributed by atoms with Crippen LogP contribution in [0.2, 0.25) is 0 Å². The molecule has 1 heterocycles. The van der Waals surface area contributed by atoms with Crippen LogP contribution in [0.25, 0.3) is 22.0 Å². The first-order valence-electron chi connectivity index (χ1n) is 12.9. The minimum Gasteiger partial charge on any atom is -0.478 e. The number of benzene rings is 4. The highest BCUT2D eigenvalue weighted by Crippen LogP contribution is 2.46. The number of nitrogens with one attached hydrogen (secondary N) is 2. The van der Waals surface area contributed by atoms with Gasteiger partial charge < -0.3 is 15.4 Å². The van der Waals surface area contributed by atoms with E-state index >= 15 is 0 Å². The van der Waals surface area contributed by atoms with Crippen LogP contribution in [0.5, 0.6) is 0 Å². The summed E-state index contributed by atoms with van der Waals surface area (Å²) in [5.74, 6) is -1.80. The van der Waals surface area contributed by atoms with Gasteiger partial charge in [0.1, 0.15) is 5.82 Å². The number of rotatable bonds is 7. The minimum atomic E-state index is -4.45. The third kappa shape index (κ3) is 5.37. The average Bonchev–Trinajstić information content (AvgIpc) is 3.64. The molecule has 1 aliphatic rings. The quantitative estimate of drug-likeness (QED) is 0.167. The lowest BCUT2D eigenvalue weighted by atomic mass is 9.98. The van der Waals surface area contributed by atoms with Gasteiger partial charge in [-0.2, -0.15) is 13.2 Å². The number of hydrogen-bond donors (Lipinski definition) is 3. The molecule has 0 bridgehead atoms. The number of carbonyl (C=O) groups is 2. The zero-order chi connectivity index (χ0) is 29.6. The minimum absolute atomic E-state index is 0.145. The SMILES string of the molecule is O=C(O)c1ccc(C2(NC(=O)c3cc(-c4ccc(F)cc4)cc4[nH]cc(Sc5ccc(C(F)(F)F)cc5)c34)CC2)cc1. The zero-order valence-corrected chi connectivity index (χ0v) is 22.6. The van der Waals surface area contributed by atoms with Gasteiger partial charge in [-0.25, -0.2) is 9.18 Å². The Morgan fingerprint density at radius 3 is 2.14 bits per heavy atom. The normalized spacial score (nSPS) is 14.1. The van der Waals surface area contributed by atoms with Crippen molar-refractivity contribution in [2.75, 3.05) is 0 Å². The van der Waals surface area contributed by atoms with Crippen LogP contribution in [0.15, 0.2) is 101 Å². The summed E-state index contributed by atoms with van der Waals surface area (Å²) in [6.07, 6.45) is -1.40. The number of aromatic carboxylic acids is 1. The van der Waals surface area contributed by atoms with Gasteiger partial charge in [-0.1, -0.05) is 36.0 Å². The Bertz CT molecular complexity index is 1810. The number of carbonyl (C=O) groups excluding carboxylic acids is 1. The van der Waals surface area contributed by atoms with Gasteiger partial charge in [0.25, 0.3) is 5.91 Å². The lowest BCUT2D eigenvalue weighted by Crippen LogP contribution is -2.35. The van der Waals surface area contributed by atoms with E-state index in [2.05, 4.69) is 10.3 Å². The average molecular weight is 591 g/mol. The first-order chi connectivity index (χ1) is 20.0. The molecule has 42 heavy (non-hydrogen) atoms. The van der Waals surface area contributed by atoms with Crippen LogP contribution in [0, 0.1) is 5.82 Å². The van der Waals surface area contributed by atoms with Gasteiger partial charge in [0.15, 0.2) is 0 Å². The van der Waals surface area contributed by atoms with Crippen molar-refractivity contribution in [1.82, 2.24) is 10.3 Å². The topological polar surface area (TPSA) is 82.2 Å². The molecule has 1 aliphatic carbocycles. The van der Waals surface area contributed by atoms with E-state index in [9.17, 15) is 32.3 Å². The summed E-state index contributed by atoms with van der Waals surface area (Å²) in [5.41, 5.74) is 1.89. The maximum absolute atomic E-state index is 13.9. The number of alkyl halides is 3. The number of fused-ring (bicyclic) bond motifs is 1. The molecule has 0 radical (unpaired) electrons. The smallest absolute Gasteiger partial charge is 0.416 e. The molecule has 6 rings (SSSR count). The van der Waals surface area contributed by atoms with E-state index in [4.69, 9.17) is 0 Å². The van der Waals surface area contributed by atoms with Gasteiger partial charge >= 0.3 is 12.1 Å². The fraction of sp³-hybridized carbons (Fsp3) is 0.125. The molecule has 0 saturated heterocycles. The molecule has 5 nitrogen and oxygen atoms in total. The van der Waals surface area contributed by atoms with E-state index in [0.29, 0.717) is 50.2 Å². The predicted molar refractivity (Wildman–Crippen MR) is 151 cm³/mol. The maximum Gasteiger partial charge on any atom is 0.416 e. The Labute approximate surface area is 241 Å². The number of H-pyrrole nitrogens is 1. The van der Waals surface area contributed by atoms with Crippen molar-refractivity contribution in [2.45, 2.75) is 34.3 Å². The van der Waals surface area contributed by atoms with Crippen LogP contribution >= 0.6 is 11.8 Å². The van der Waals surface area contributed by atoms with Gasteiger partial charge in [0, 0.05) is 26.9 Å². The second kappa shape index (κ2) is 10.4. The molecular weight excluding hydrogens is 568 g/mol. The molecule has 1 fully saturated rings. The first-order valence-corrected chi connectivity index (χ1v) is 13.8. The number of carboxylic acid groups (broad SMARTS) is 1. The van der Waals surface area contributed by atoms with E-state index < -0.39 is 29.1 Å². The number of carboxylic acids is 1. The van der Waals surface area contributed by atoms with Gasteiger partial charge in [0.05, 0.1) is 22.2 Å². The number of hydrogen-bond acceptors (Lipinski definition) is 3. The predicted octanol–water partition coefficient (Wildman–Crippen LogP) is 8.26. The Hall–Kier alpha value is -4.57.